The third-order valence-corrected chi connectivity index (χ3v) is 1.36. The van der Waals surface area contributed by atoms with Crippen LogP contribution in [0.4, 0.5) is 0 Å². The van der Waals surface area contributed by atoms with E-state index in [9.17, 15) is 13.0 Å². The molecule has 3 N–H and O–H groups in total. The van der Waals surface area contributed by atoms with Crippen molar-refractivity contribution in [2.75, 3.05) is 13.2 Å². The van der Waals surface area contributed by atoms with Crippen LogP contribution in [0.1, 0.15) is 20.3 Å². The summed E-state index contributed by atoms with van der Waals surface area (Å²) in [6.07, 6.45) is 5.32. The smallest absolute Gasteiger partial charge is 0.217 e. The highest BCUT2D eigenvalue weighted by Gasteiger charge is 1.85. The van der Waals surface area contributed by atoms with Crippen LogP contribution < -0.4 is 5.73 Å². The molecular formula is C7H17NO4S. The molecule has 0 saturated heterocycles. The van der Waals surface area contributed by atoms with E-state index in [1.807, 2.05) is 0 Å². The van der Waals surface area contributed by atoms with Crippen LogP contribution in [0, 0.1) is 0 Å². The summed E-state index contributed by atoms with van der Waals surface area (Å²) in [6, 6.07) is 0. The molecule has 13 heavy (non-hydrogen) atoms. The van der Waals surface area contributed by atoms with E-state index < -0.39 is 10.4 Å². The van der Waals surface area contributed by atoms with Crippen molar-refractivity contribution < 1.29 is 22.9 Å². The second-order valence-electron chi connectivity index (χ2n) is 1.98. The van der Waals surface area contributed by atoms with Crippen molar-refractivity contribution in [2.45, 2.75) is 20.3 Å². The maximum atomic E-state index is 9.45. The summed E-state index contributed by atoms with van der Waals surface area (Å²) in [5, 5.41) is 0. The molecule has 0 spiro atoms. The van der Waals surface area contributed by atoms with Gasteiger partial charge in [-0.05, 0) is 19.4 Å². The molecule has 6 heteroatoms. The molecule has 0 radical (unpaired) electrons. The van der Waals surface area contributed by atoms with Crippen LogP contribution >= 0.6 is 0 Å². The molecule has 80 valence electrons. The molecule has 0 unspecified atom stereocenters. The summed E-state index contributed by atoms with van der Waals surface area (Å²) in [6.45, 7) is 4.38. The summed E-state index contributed by atoms with van der Waals surface area (Å²) < 4.78 is 32.0. The largest absolute Gasteiger partial charge is 0.726 e. The minimum Gasteiger partial charge on any atom is -0.726 e. The van der Waals surface area contributed by atoms with Gasteiger partial charge >= 0.3 is 0 Å². The fourth-order valence-electron chi connectivity index (χ4n) is 0.429. The maximum Gasteiger partial charge on any atom is 0.217 e. The summed E-state index contributed by atoms with van der Waals surface area (Å²) in [5.74, 6) is 0. The zero-order valence-corrected chi connectivity index (χ0v) is 8.84. The summed E-state index contributed by atoms with van der Waals surface area (Å²) >= 11 is 0. The third kappa shape index (κ3) is 24.5. The van der Waals surface area contributed by atoms with Gasteiger partial charge in [0.05, 0.1) is 13.2 Å². The van der Waals surface area contributed by atoms with Crippen molar-refractivity contribution in [1.29, 1.82) is 0 Å². The molecule has 0 bridgehead atoms. The Kier molecular flexibility index (Phi) is 11.2. The number of allylic oxidation sites excluding steroid dienone is 1. The molecular weight excluding hydrogens is 194 g/mol. The van der Waals surface area contributed by atoms with Crippen molar-refractivity contribution >= 4 is 10.4 Å². The van der Waals surface area contributed by atoms with Crippen LogP contribution in [-0.2, 0) is 14.6 Å². The molecule has 0 heterocycles. The zero-order chi connectivity index (χ0) is 10.7. The number of rotatable bonds is 4. The highest BCUT2D eigenvalue weighted by atomic mass is 32.3. The first kappa shape index (κ1) is 15.1. The Bertz CT molecular complexity index is 205. The minimum absolute atomic E-state index is 0.0914. The monoisotopic (exact) mass is 211 g/mol. The van der Waals surface area contributed by atoms with Crippen LogP contribution in [0.3, 0.4) is 0 Å². The van der Waals surface area contributed by atoms with Gasteiger partial charge in [-0.15, -0.1) is 0 Å². The Labute approximate surface area is 79.5 Å². The average Bonchev–Trinajstić information content (AvgIpc) is 1.99. The van der Waals surface area contributed by atoms with Gasteiger partial charge in [0, 0.05) is 0 Å². The number of hydrogen-bond donors (Lipinski definition) is 1. The number of quaternary nitrogens is 1. The van der Waals surface area contributed by atoms with Crippen LogP contribution in [0.15, 0.2) is 12.2 Å². The molecule has 0 aliphatic heterocycles. The van der Waals surface area contributed by atoms with Gasteiger partial charge in [-0.1, -0.05) is 13.0 Å². The molecule has 0 saturated carbocycles. The molecule has 0 aliphatic rings. The van der Waals surface area contributed by atoms with Crippen LogP contribution in [0.5, 0.6) is 0 Å². The van der Waals surface area contributed by atoms with Gasteiger partial charge < -0.3 is 10.3 Å². The topological polar surface area (TPSA) is 94.1 Å². The molecule has 0 fully saturated rings. The van der Waals surface area contributed by atoms with Crippen molar-refractivity contribution in [1.82, 2.24) is 0 Å². The Hall–Kier alpha value is -0.430. The van der Waals surface area contributed by atoms with E-state index in [2.05, 4.69) is 29.0 Å². The lowest BCUT2D eigenvalue weighted by Crippen LogP contribution is -2.49. The molecule has 0 aromatic carbocycles. The van der Waals surface area contributed by atoms with E-state index in [0.717, 1.165) is 13.0 Å². The lowest BCUT2D eigenvalue weighted by Gasteiger charge is -2.02. The Balaban J connectivity index is 0. The maximum absolute atomic E-state index is 9.45. The first-order valence-corrected chi connectivity index (χ1v) is 5.35. The SMILES string of the molecule is CCC=CC[NH3+].CCOS(=O)(=O)[O-]. The minimum atomic E-state index is -4.42. The Morgan fingerprint density at radius 2 is 1.92 bits per heavy atom. The predicted octanol–water partition coefficient (Wildman–Crippen LogP) is -0.322. The van der Waals surface area contributed by atoms with Crippen molar-refractivity contribution in [3.05, 3.63) is 12.2 Å². The Morgan fingerprint density at radius 3 is 2.00 bits per heavy atom. The van der Waals surface area contributed by atoms with E-state index in [1.54, 1.807) is 0 Å². The number of hydrogen-bond acceptors (Lipinski definition) is 4. The molecule has 5 nitrogen and oxygen atoms in total. The first-order valence-electron chi connectivity index (χ1n) is 4.02. The summed E-state index contributed by atoms with van der Waals surface area (Å²) in [5.41, 5.74) is 3.64. The molecule has 0 aromatic rings. The fourth-order valence-corrected chi connectivity index (χ4v) is 0.718. The van der Waals surface area contributed by atoms with Gasteiger partial charge in [0.15, 0.2) is 0 Å². The van der Waals surface area contributed by atoms with Crippen LogP contribution in [0.25, 0.3) is 0 Å². The average molecular weight is 211 g/mol. The second-order valence-corrected chi connectivity index (χ2v) is 3.04. The molecule has 0 amide bonds. The zero-order valence-electron chi connectivity index (χ0n) is 8.02. The Morgan fingerprint density at radius 1 is 1.38 bits per heavy atom. The fraction of sp³-hybridized carbons (Fsp3) is 0.714. The van der Waals surface area contributed by atoms with Gasteiger partial charge in [-0.3, -0.25) is 4.18 Å². The van der Waals surface area contributed by atoms with E-state index in [-0.39, 0.29) is 6.61 Å². The normalized spacial score (nSPS) is 11.1. The highest BCUT2D eigenvalue weighted by Crippen LogP contribution is 1.80. The molecule has 0 aromatic heterocycles. The van der Waals surface area contributed by atoms with Crippen molar-refractivity contribution in [2.24, 2.45) is 0 Å². The van der Waals surface area contributed by atoms with E-state index in [0.29, 0.717) is 0 Å². The van der Waals surface area contributed by atoms with E-state index in [1.165, 1.54) is 6.92 Å². The molecule has 0 atom stereocenters. The van der Waals surface area contributed by atoms with Gasteiger partial charge in [-0.2, -0.15) is 0 Å². The lowest BCUT2D eigenvalue weighted by atomic mass is 10.4. The highest BCUT2D eigenvalue weighted by molar-refractivity contribution is 7.80. The first-order chi connectivity index (χ1) is 5.97. The standard InChI is InChI=1S/C5H11N.C2H6O4S/c1-2-3-4-5-6;1-2-6-7(3,4)5/h3-4H,2,5-6H2,1H3;2H2,1H3,(H,3,4,5). The van der Waals surface area contributed by atoms with Crippen molar-refractivity contribution in [3.8, 4) is 0 Å². The summed E-state index contributed by atoms with van der Waals surface area (Å²) in [4.78, 5) is 0. The quantitative estimate of drug-likeness (QED) is 0.391. The molecule has 0 rings (SSSR count). The van der Waals surface area contributed by atoms with Crippen LogP contribution in [0.2, 0.25) is 0 Å². The second kappa shape index (κ2) is 9.66. The van der Waals surface area contributed by atoms with Gasteiger partial charge in [0.2, 0.25) is 10.4 Å². The van der Waals surface area contributed by atoms with Gasteiger partial charge in [0.1, 0.15) is 0 Å². The van der Waals surface area contributed by atoms with E-state index in [4.69, 9.17) is 0 Å². The predicted molar refractivity (Wildman–Crippen MR) is 48.5 cm³/mol. The van der Waals surface area contributed by atoms with Crippen LogP contribution in [-0.4, -0.2) is 26.1 Å². The van der Waals surface area contributed by atoms with Crippen molar-refractivity contribution in [3.63, 3.8) is 0 Å². The molecule has 0 aliphatic carbocycles. The summed E-state index contributed by atoms with van der Waals surface area (Å²) in [7, 11) is -4.42. The third-order valence-electron chi connectivity index (χ3n) is 0.831. The van der Waals surface area contributed by atoms with Gasteiger partial charge in [-0.25, -0.2) is 8.42 Å². The lowest BCUT2D eigenvalue weighted by molar-refractivity contribution is -0.352. The van der Waals surface area contributed by atoms with E-state index >= 15 is 0 Å². The van der Waals surface area contributed by atoms with Gasteiger partial charge in [0.25, 0.3) is 0 Å².